The molecule has 16 heteroatoms. The van der Waals surface area contributed by atoms with E-state index in [2.05, 4.69) is 0 Å². The van der Waals surface area contributed by atoms with Crippen molar-refractivity contribution in [3.8, 4) is 0 Å². The van der Waals surface area contributed by atoms with Crippen LogP contribution in [-0.2, 0) is 28.7 Å². The number of methoxy groups -OCH3 is 1. The number of benzene rings is 2. The molecule has 0 heterocycles. The van der Waals surface area contributed by atoms with Gasteiger partial charge in [0.05, 0.1) is 34.0 Å². The molecule has 0 aliphatic heterocycles. The lowest BCUT2D eigenvalue weighted by Gasteiger charge is -2.15. The maximum Gasteiger partial charge on any atom is 0.306 e. The fourth-order valence-corrected chi connectivity index (χ4v) is 3.56. The van der Waals surface area contributed by atoms with Gasteiger partial charge in [0.2, 0.25) is 10.5 Å². The molecule has 0 saturated carbocycles. The van der Waals surface area contributed by atoms with Crippen LogP contribution in [-0.4, -0.2) is 62.6 Å². The van der Waals surface area contributed by atoms with Gasteiger partial charge in [0.25, 0.3) is 11.4 Å². The van der Waals surface area contributed by atoms with Crippen molar-refractivity contribution in [3.63, 3.8) is 0 Å². The summed E-state index contributed by atoms with van der Waals surface area (Å²) in [6.07, 6.45) is 0.110. The van der Waals surface area contributed by atoms with Crippen molar-refractivity contribution in [2.45, 2.75) is 65.1 Å². The Kier molecular flexibility index (Phi) is 23.6. The van der Waals surface area contributed by atoms with E-state index in [1.807, 2.05) is 0 Å². The van der Waals surface area contributed by atoms with Crippen molar-refractivity contribution in [2.75, 3.05) is 20.3 Å². The monoisotopic (exact) mass is 676 g/mol. The van der Waals surface area contributed by atoms with E-state index in [4.69, 9.17) is 37.8 Å². The van der Waals surface area contributed by atoms with E-state index in [9.17, 15) is 44.5 Å². The van der Waals surface area contributed by atoms with E-state index in [1.54, 1.807) is 24.3 Å². The normalized spacial score (nSPS) is 11.2. The molecule has 14 nitrogen and oxygen atoms in total. The topological polar surface area (TPSA) is 213 Å². The smallest absolute Gasteiger partial charge is 0.306 e. The molecule has 2 aromatic rings. The summed E-state index contributed by atoms with van der Waals surface area (Å²) < 4.78 is 10.2. The Morgan fingerprint density at radius 3 is 1.67 bits per heavy atom. The Morgan fingerprint density at radius 2 is 1.27 bits per heavy atom. The van der Waals surface area contributed by atoms with E-state index >= 15 is 0 Å². The number of nitro groups is 2. The molecule has 0 aromatic heterocycles. The van der Waals surface area contributed by atoms with Crippen LogP contribution in [0.15, 0.2) is 48.5 Å². The number of ketones is 1. The van der Waals surface area contributed by atoms with Crippen molar-refractivity contribution in [2.24, 2.45) is 0 Å². The Hall–Kier alpha value is -3.82. The molecule has 0 saturated heterocycles. The highest BCUT2D eigenvalue weighted by Crippen LogP contribution is 2.27. The van der Waals surface area contributed by atoms with Crippen molar-refractivity contribution < 1.29 is 48.7 Å². The van der Waals surface area contributed by atoms with E-state index in [0.29, 0.717) is 31.2 Å². The third-order valence-corrected chi connectivity index (χ3v) is 5.88. The summed E-state index contributed by atoms with van der Waals surface area (Å²) in [4.78, 5) is 62.8. The number of carbonyl (C=O) groups is 4. The zero-order valence-corrected chi connectivity index (χ0v) is 25.6. The minimum absolute atomic E-state index is 0. The van der Waals surface area contributed by atoms with Crippen LogP contribution >= 0.6 is 23.2 Å². The first-order valence-electron chi connectivity index (χ1n) is 13.0. The number of nitrogens with zero attached hydrogens (tertiary/aromatic N) is 2. The average Bonchev–Trinajstić information content (AvgIpc) is 2.98. The van der Waals surface area contributed by atoms with E-state index in [1.165, 1.54) is 38.3 Å². The Bertz CT molecular complexity index is 1240. The highest BCUT2D eigenvalue weighted by Gasteiger charge is 2.23. The fourth-order valence-electron chi connectivity index (χ4n) is 3.29. The lowest BCUT2D eigenvalue weighted by molar-refractivity contribution is -0.386. The Balaban J connectivity index is 0. The molecule has 0 bridgehead atoms. The van der Waals surface area contributed by atoms with Gasteiger partial charge in [-0.3, -0.25) is 34.6 Å². The van der Waals surface area contributed by atoms with Gasteiger partial charge in [0, 0.05) is 38.5 Å². The number of ether oxygens (including phenoxy) is 2. The van der Waals surface area contributed by atoms with Gasteiger partial charge in [0.15, 0.2) is 0 Å². The van der Waals surface area contributed by atoms with Crippen LogP contribution in [0.25, 0.3) is 0 Å². The first kappa shape index (κ1) is 43.3. The highest BCUT2D eigenvalue weighted by molar-refractivity contribution is 6.63. The average molecular weight is 678 g/mol. The number of unbranched alkanes of at least 4 members (excludes halogenated alkanes) is 1. The molecule has 2 N–H and O–H groups in total. The number of rotatable bonds is 16. The number of nitro benzene ring substituents is 2. The predicted octanol–water partition coefficient (Wildman–Crippen LogP) is 5.53. The molecule has 0 fully saturated rings. The molecule has 2 atom stereocenters. The molecular weight excluding hydrogens is 639 g/mol. The minimum Gasteiger partial charge on any atom is -0.463 e. The number of hydrogen-bond donors (Lipinski definition) is 2. The van der Waals surface area contributed by atoms with Crippen molar-refractivity contribution in [1.29, 1.82) is 0 Å². The molecular formula is C29H38Cl2N2O12. The Morgan fingerprint density at radius 1 is 0.822 bits per heavy atom. The van der Waals surface area contributed by atoms with Gasteiger partial charge in [-0.05, 0) is 55.1 Å². The summed E-state index contributed by atoms with van der Waals surface area (Å²) in [5.41, 5.74) is 0.201. The molecule has 45 heavy (non-hydrogen) atoms. The predicted molar refractivity (Wildman–Crippen MR) is 166 cm³/mol. The number of esters is 1. The SMILES string of the molecule is C.COC(COC(=O)CCC(C)=O)c1ccccc1[N+](=O)[O-].O=C(Cl)CCCCC(=O)Cl.O=[N+]([O-])c1ccccc1C(O)CO. The van der Waals surface area contributed by atoms with Gasteiger partial charge in [0.1, 0.15) is 24.6 Å². The minimum atomic E-state index is -1.19. The van der Waals surface area contributed by atoms with Crippen LogP contribution in [0.2, 0.25) is 0 Å². The van der Waals surface area contributed by atoms with Gasteiger partial charge in [-0.2, -0.15) is 0 Å². The Labute approximate surface area is 270 Å². The second kappa shape index (κ2) is 24.5. The molecule has 250 valence electrons. The van der Waals surface area contributed by atoms with E-state index < -0.39 is 34.6 Å². The maximum atomic E-state index is 11.5. The maximum absolute atomic E-state index is 11.5. The second-order valence-electron chi connectivity index (χ2n) is 8.86. The summed E-state index contributed by atoms with van der Waals surface area (Å²) in [5, 5.41) is 38.5. The van der Waals surface area contributed by atoms with Gasteiger partial charge in [-0.15, -0.1) is 0 Å². The van der Waals surface area contributed by atoms with Crippen LogP contribution in [0.3, 0.4) is 0 Å². The van der Waals surface area contributed by atoms with E-state index in [-0.39, 0.29) is 60.1 Å². The number of hydrogen-bond acceptors (Lipinski definition) is 12. The van der Waals surface area contributed by atoms with Gasteiger partial charge in [-0.1, -0.05) is 31.7 Å². The van der Waals surface area contributed by atoms with Crippen molar-refractivity contribution in [3.05, 3.63) is 79.9 Å². The standard InChI is InChI=1S/C14H17NO6.C8H9NO4.C6H8Cl2O2.CH4/c1-10(16)7-8-14(17)21-9-13(20-2)11-5-3-4-6-12(11)15(18)19;10-5-8(11)6-3-1-2-4-7(6)9(12)13;7-5(9)3-1-2-4-6(8)10;/h3-6,13H,7-9H2,1-2H3;1-4,8,10-11H,5H2;1-4H2;1H4. The third kappa shape index (κ3) is 19.2. The molecule has 0 spiro atoms. The molecule has 0 aliphatic carbocycles. The molecule has 2 aromatic carbocycles. The first-order valence-corrected chi connectivity index (χ1v) is 13.8. The van der Waals surface area contributed by atoms with Crippen LogP contribution < -0.4 is 0 Å². The number of carbonyl (C=O) groups excluding carboxylic acids is 4. The lowest BCUT2D eigenvalue weighted by Crippen LogP contribution is -2.16. The lowest BCUT2D eigenvalue weighted by atomic mass is 10.1. The number of aliphatic hydroxyl groups is 2. The number of halogens is 2. The summed E-state index contributed by atoms with van der Waals surface area (Å²) in [6.45, 7) is 0.724. The van der Waals surface area contributed by atoms with Gasteiger partial charge < -0.3 is 24.5 Å². The van der Waals surface area contributed by atoms with Crippen LogP contribution in [0.4, 0.5) is 11.4 Å². The summed E-state index contributed by atoms with van der Waals surface area (Å²) in [5.74, 6) is -0.639. The highest BCUT2D eigenvalue weighted by atomic mass is 35.5. The van der Waals surface area contributed by atoms with Gasteiger partial charge in [-0.25, -0.2) is 0 Å². The van der Waals surface area contributed by atoms with E-state index in [0.717, 1.165) is 0 Å². The van der Waals surface area contributed by atoms with Gasteiger partial charge >= 0.3 is 5.97 Å². The largest absolute Gasteiger partial charge is 0.463 e. The van der Waals surface area contributed by atoms with Crippen molar-refractivity contribution in [1.82, 2.24) is 0 Å². The van der Waals surface area contributed by atoms with Crippen molar-refractivity contribution >= 4 is 56.8 Å². The fraction of sp³-hybridized carbons (Fsp3) is 0.448. The molecule has 0 radical (unpaired) electrons. The zero-order chi connectivity index (χ0) is 33.7. The second-order valence-corrected chi connectivity index (χ2v) is 9.70. The summed E-state index contributed by atoms with van der Waals surface area (Å²) in [7, 11) is 1.38. The molecule has 0 amide bonds. The molecule has 0 aliphatic rings. The number of aliphatic hydroxyl groups excluding tert-OH is 2. The zero-order valence-electron chi connectivity index (χ0n) is 24.1. The van der Waals surface area contributed by atoms with Crippen LogP contribution in [0.5, 0.6) is 0 Å². The van der Waals surface area contributed by atoms with Crippen LogP contribution in [0, 0.1) is 20.2 Å². The summed E-state index contributed by atoms with van der Waals surface area (Å²) in [6, 6.07) is 11.9. The van der Waals surface area contributed by atoms with Crippen LogP contribution in [0.1, 0.15) is 76.2 Å². The summed E-state index contributed by atoms with van der Waals surface area (Å²) >= 11 is 10.1. The third-order valence-electron chi connectivity index (χ3n) is 5.50. The number of para-hydroxylation sites is 2. The number of Topliss-reactive ketones (excluding diaryl/α,β-unsaturated/α-hetero) is 1. The molecule has 2 rings (SSSR count). The molecule has 2 unspecified atom stereocenters. The quantitative estimate of drug-likeness (QED) is 0.0738. The first-order chi connectivity index (χ1) is 20.7.